The van der Waals surface area contributed by atoms with Crippen molar-refractivity contribution >= 4 is 21.7 Å². The molecule has 3 nitrogen and oxygen atoms in total. The number of aromatic amines is 1. The van der Waals surface area contributed by atoms with Gasteiger partial charge in [-0.15, -0.1) is 0 Å². The van der Waals surface area contributed by atoms with Gasteiger partial charge in [0.25, 0.3) is 6.43 Å². The molecule has 1 aromatic rings. The zero-order chi connectivity index (χ0) is 10.0. The number of nitrogens with two attached hydrogens (primary N) is 1. The summed E-state index contributed by atoms with van der Waals surface area (Å²) in [5.41, 5.74) is 4.68. The molecule has 0 aliphatic rings. The Hall–Kier alpha value is -0.910. The van der Waals surface area contributed by atoms with Gasteiger partial charge in [0, 0.05) is 11.4 Å². The Morgan fingerprint density at radius 1 is 1.62 bits per heavy atom. The van der Waals surface area contributed by atoms with E-state index < -0.39 is 12.0 Å². The number of H-pyrrole nitrogens is 1. The lowest BCUT2D eigenvalue weighted by atomic mass is 10.1. The van der Waals surface area contributed by atoms with Gasteiger partial charge in [0.2, 0.25) is 5.56 Å². The molecule has 1 aromatic heterocycles. The van der Waals surface area contributed by atoms with Gasteiger partial charge in [-0.3, -0.25) is 4.79 Å². The van der Waals surface area contributed by atoms with Gasteiger partial charge in [-0.05, 0) is 5.56 Å². The Labute approximate surface area is 81.1 Å². The van der Waals surface area contributed by atoms with E-state index in [1.54, 1.807) is 0 Å². The first-order valence-electron chi connectivity index (χ1n) is 3.42. The van der Waals surface area contributed by atoms with Crippen LogP contribution in [0.25, 0.3) is 0 Å². The van der Waals surface area contributed by atoms with Crippen LogP contribution < -0.4 is 11.3 Å². The van der Waals surface area contributed by atoms with Crippen molar-refractivity contribution in [2.45, 2.75) is 11.8 Å². The Bertz CT molecular complexity index is 364. The van der Waals surface area contributed by atoms with Crippen molar-refractivity contribution in [2.24, 2.45) is 0 Å². The summed E-state index contributed by atoms with van der Waals surface area (Å²) in [4.78, 5) is 13.0. The topological polar surface area (TPSA) is 58.9 Å². The monoisotopic (exact) mass is 252 g/mol. The van der Waals surface area contributed by atoms with Crippen molar-refractivity contribution in [3.63, 3.8) is 0 Å². The van der Waals surface area contributed by atoms with Crippen molar-refractivity contribution in [1.82, 2.24) is 4.98 Å². The van der Waals surface area contributed by atoms with E-state index in [1.165, 1.54) is 0 Å². The zero-order valence-electron chi connectivity index (χ0n) is 6.48. The van der Waals surface area contributed by atoms with Crippen LogP contribution in [0, 0.1) is 0 Å². The molecule has 0 amide bonds. The number of pyridine rings is 1. The fourth-order valence-electron chi connectivity index (χ4n) is 1.01. The number of nitrogens with one attached hydrogen (secondary N) is 1. The molecule has 0 fully saturated rings. The largest absolute Gasteiger partial charge is 0.385 e. The molecule has 0 saturated carbocycles. The van der Waals surface area contributed by atoms with Gasteiger partial charge in [0.1, 0.15) is 5.82 Å². The molecular formula is C7H7BrF2N2O. The lowest BCUT2D eigenvalue weighted by molar-refractivity contribution is 0.151. The average molecular weight is 253 g/mol. The summed E-state index contributed by atoms with van der Waals surface area (Å²) in [5, 5.41) is 0.181. The molecule has 0 atom stereocenters. The third kappa shape index (κ3) is 2.06. The molecule has 0 radical (unpaired) electrons. The molecule has 13 heavy (non-hydrogen) atoms. The first-order valence-corrected chi connectivity index (χ1v) is 4.54. The Balaban J connectivity index is 3.38. The summed E-state index contributed by atoms with van der Waals surface area (Å²) in [6.45, 7) is 0. The average Bonchev–Trinajstić information content (AvgIpc) is 2.01. The van der Waals surface area contributed by atoms with Gasteiger partial charge >= 0.3 is 0 Å². The number of halogens is 3. The maximum atomic E-state index is 12.4. The number of alkyl halides is 3. The lowest BCUT2D eigenvalue weighted by Gasteiger charge is -2.07. The summed E-state index contributed by atoms with van der Waals surface area (Å²) >= 11 is 3.00. The van der Waals surface area contributed by atoms with Gasteiger partial charge in [0.05, 0.1) is 5.56 Å². The van der Waals surface area contributed by atoms with E-state index in [4.69, 9.17) is 5.73 Å². The van der Waals surface area contributed by atoms with Crippen LogP contribution in [0.4, 0.5) is 14.6 Å². The van der Waals surface area contributed by atoms with Crippen LogP contribution in [-0.2, 0) is 5.33 Å². The van der Waals surface area contributed by atoms with E-state index in [0.29, 0.717) is 0 Å². The fraction of sp³-hybridized carbons (Fsp3) is 0.286. The highest BCUT2D eigenvalue weighted by molar-refractivity contribution is 9.08. The van der Waals surface area contributed by atoms with Crippen molar-refractivity contribution in [3.05, 3.63) is 27.5 Å². The second kappa shape index (κ2) is 3.87. The molecule has 0 aromatic carbocycles. The highest BCUT2D eigenvalue weighted by atomic mass is 79.9. The van der Waals surface area contributed by atoms with Gasteiger partial charge < -0.3 is 10.7 Å². The van der Waals surface area contributed by atoms with Crippen LogP contribution in [0.2, 0.25) is 0 Å². The van der Waals surface area contributed by atoms with Crippen LogP contribution in [0.3, 0.4) is 0 Å². The van der Waals surface area contributed by atoms with E-state index in [0.717, 1.165) is 6.07 Å². The summed E-state index contributed by atoms with van der Waals surface area (Å²) in [7, 11) is 0. The van der Waals surface area contributed by atoms with Crippen LogP contribution in [0.5, 0.6) is 0 Å². The maximum Gasteiger partial charge on any atom is 0.267 e. The first-order chi connectivity index (χ1) is 6.06. The number of aromatic nitrogens is 1. The first kappa shape index (κ1) is 10.2. The molecule has 0 aliphatic carbocycles. The SMILES string of the molecule is Nc1[nH]c(=O)cc(CBr)c1C(F)F. The predicted octanol–water partition coefficient (Wildman–Crippen LogP) is 1.79. The highest BCUT2D eigenvalue weighted by Crippen LogP contribution is 2.27. The Morgan fingerprint density at radius 3 is 2.69 bits per heavy atom. The van der Waals surface area contributed by atoms with Gasteiger partial charge in [-0.2, -0.15) is 0 Å². The smallest absolute Gasteiger partial charge is 0.267 e. The van der Waals surface area contributed by atoms with E-state index in [1.807, 2.05) is 0 Å². The lowest BCUT2D eigenvalue weighted by Crippen LogP contribution is -2.13. The fourth-order valence-corrected chi connectivity index (χ4v) is 1.48. The third-order valence-corrected chi connectivity index (χ3v) is 2.17. The molecule has 0 bridgehead atoms. The van der Waals surface area contributed by atoms with E-state index in [9.17, 15) is 13.6 Å². The van der Waals surface area contributed by atoms with Crippen molar-refractivity contribution < 1.29 is 8.78 Å². The number of hydrogen-bond acceptors (Lipinski definition) is 2. The Morgan fingerprint density at radius 2 is 2.23 bits per heavy atom. The minimum atomic E-state index is -2.68. The number of rotatable bonds is 2. The Kier molecular flexibility index (Phi) is 3.02. The third-order valence-electron chi connectivity index (χ3n) is 1.56. The molecule has 1 rings (SSSR count). The van der Waals surface area contributed by atoms with E-state index in [-0.39, 0.29) is 22.3 Å². The standard InChI is InChI=1S/C7H7BrF2N2O/c8-2-3-1-4(13)12-7(11)5(3)6(9)10/h1,6H,2H2,(H3,11,12,13). The second-order valence-corrected chi connectivity index (χ2v) is 2.98. The van der Waals surface area contributed by atoms with Crippen molar-refractivity contribution in [3.8, 4) is 0 Å². The normalized spacial score (nSPS) is 10.8. The molecule has 72 valence electrons. The molecule has 3 N–H and O–H groups in total. The minimum absolute atomic E-state index is 0.181. The van der Waals surface area contributed by atoms with Gasteiger partial charge in [-0.25, -0.2) is 8.78 Å². The van der Waals surface area contributed by atoms with Gasteiger partial charge in [0.15, 0.2) is 0 Å². The van der Waals surface area contributed by atoms with E-state index in [2.05, 4.69) is 20.9 Å². The van der Waals surface area contributed by atoms with Crippen LogP contribution in [0.15, 0.2) is 10.9 Å². The van der Waals surface area contributed by atoms with Crippen molar-refractivity contribution in [2.75, 3.05) is 5.73 Å². The second-order valence-electron chi connectivity index (χ2n) is 2.42. The number of nitrogen functional groups attached to an aromatic ring is 1. The molecule has 0 aliphatic heterocycles. The number of hydrogen-bond donors (Lipinski definition) is 2. The quantitative estimate of drug-likeness (QED) is 0.789. The predicted molar refractivity (Wildman–Crippen MR) is 49.1 cm³/mol. The minimum Gasteiger partial charge on any atom is -0.385 e. The maximum absolute atomic E-state index is 12.4. The summed E-state index contributed by atoms with van der Waals surface area (Å²) < 4.78 is 24.8. The molecule has 0 saturated heterocycles. The highest BCUT2D eigenvalue weighted by Gasteiger charge is 2.16. The van der Waals surface area contributed by atoms with Gasteiger partial charge in [-0.1, -0.05) is 15.9 Å². The molecule has 1 heterocycles. The molecule has 6 heteroatoms. The molecule has 0 spiro atoms. The van der Waals surface area contributed by atoms with Crippen LogP contribution >= 0.6 is 15.9 Å². The molecule has 0 unspecified atom stereocenters. The van der Waals surface area contributed by atoms with Crippen molar-refractivity contribution in [1.29, 1.82) is 0 Å². The van der Waals surface area contributed by atoms with Crippen LogP contribution in [-0.4, -0.2) is 4.98 Å². The summed E-state index contributed by atoms with van der Waals surface area (Å²) in [6, 6.07) is 1.10. The number of anilines is 1. The van der Waals surface area contributed by atoms with Crippen LogP contribution in [0.1, 0.15) is 17.6 Å². The summed E-state index contributed by atoms with van der Waals surface area (Å²) in [6.07, 6.45) is -2.68. The summed E-state index contributed by atoms with van der Waals surface area (Å²) in [5.74, 6) is -0.267. The zero-order valence-corrected chi connectivity index (χ0v) is 8.07. The van der Waals surface area contributed by atoms with E-state index >= 15 is 0 Å². The molecular weight excluding hydrogens is 246 g/mol.